The van der Waals surface area contributed by atoms with Crippen molar-refractivity contribution in [3.63, 3.8) is 0 Å². The minimum atomic E-state index is -3.91. The van der Waals surface area contributed by atoms with Crippen LogP contribution in [0.3, 0.4) is 0 Å². The maximum Gasteiger partial charge on any atom is 0.267 e. The third-order valence-corrected chi connectivity index (χ3v) is 7.07. The number of aliphatic hydroxyl groups is 1. The number of hydrogen-bond acceptors (Lipinski definition) is 3. The van der Waals surface area contributed by atoms with Crippen LogP contribution in [0.25, 0.3) is 0 Å². The van der Waals surface area contributed by atoms with Gasteiger partial charge in [0.1, 0.15) is 0 Å². The van der Waals surface area contributed by atoms with Gasteiger partial charge in [-0.2, -0.15) is 8.42 Å². The maximum absolute atomic E-state index is 11.6. The molecule has 0 aromatic carbocycles. The van der Waals surface area contributed by atoms with E-state index >= 15 is 0 Å². The summed E-state index contributed by atoms with van der Waals surface area (Å²) < 4.78 is 32.7. The zero-order chi connectivity index (χ0) is 21.1. The molecule has 0 aromatic rings. The van der Waals surface area contributed by atoms with Crippen molar-refractivity contribution in [3.05, 3.63) is 0 Å². The molecular formula is C23H48O4S. The van der Waals surface area contributed by atoms with Crippen LogP contribution in [0.15, 0.2) is 0 Å². The van der Waals surface area contributed by atoms with Crippen molar-refractivity contribution in [2.24, 2.45) is 0 Å². The molecule has 28 heavy (non-hydrogen) atoms. The molecule has 2 unspecified atom stereocenters. The summed E-state index contributed by atoms with van der Waals surface area (Å²) in [5.41, 5.74) is 0. The largest absolute Gasteiger partial charge is 0.393 e. The second-order valence-corrected chi connectivity index (χ2v) is 10.2. The van der Waals surface area contributed by atoms with Crippen LogP contribution in [0.5, 0.6) is 0 Å². The third kappa shape index (κ3) is 17.9. The quantitative estimate of drug-likeness (QED) is 0.154. The molecule has 0 spiro atoms. The fourth-order valence-electron chi connectivity index (χ4n) is 3.83. The van der Waals surface area contributed by atoms with E-state index in [1.165, 1.54) is 38.5 Å². The molecule has 0 radical (unpaired) electrons. The van der Waals surface area contributed by atoms with Crippen LogP contribution in [-0.2, 0) is 10.1 Å². The first kappa shape index (κ1) is 27.9. The predicted octanol–water partition coefficient (Wildman–Crippen LogP) is 7.06. The Bertz CT molecular complexity index is 422. The van der Waals surface area contributed by atoms with Crippen molar-refractivity contribution in [3.8, 4) is 0 Å². The van der Waals surface area contributed by atoms with Crippen molar-refractivity contribution in [2.45, 2.75) is 147 Å². The van der Waals surface area contributed by atoms with E-state index in [1.807, 2.05) is 0 Å². The van der Waals surface area contributed by atoms with Crippen LogP contribution in [-0.4, -0.2) is 29.4 Å². The Balaban J connectivity index is 3.69. The molecule has 0 aliphatic rings. The van der Waals surface area contributed by atoms with Gasteiger partial charge in [-0.1, -0.05) is 110 Å². The lowest BCUT2D eigenvalue weighted by molar-refractivity contribution is 0.147. The van der Waals surface area contributed by atoms with Gasteiger partial charge in [0.05, 0.1) is 11.4 Å². The Morgan fingerprint density at radius 2 is 0.893 bits per heavy atom. The van der Waals surface area contributed by atoms with Crippen LogP contribution < -0.4 is 0 Å². The molecule has 2 N–H and O–H groups in total. The summed E-state index contributed by atoms with van der Waals surface area (Å²) in [6.07, 6.45) is 19.6. The Morgan fingerprint density at radius 1 is 0.571 bits per heavy atom. The molecule has 0 heterocycles. The van der Waals surface area contributed by atoms with E-state index in [-0.39, 0.29) is 6.10 Å². The molecule has 0 aliphatic heterocycles. The summed E-state index contributed by atoms with van der Waals surface area (Å²) in [5.74, 6) is 0. The van der Waals surface area contributed by atoms with E-state index in [1.54, 1.807) is 0 Å². The van der Waals surface area contributed by atoms with Gasteiger partial charge in [-0.25, -0.2) is 0 Å². The third-order valence-electron chi connectivity index (χ3n) is 5.76. The highest BCUT2D eigenvalue weighted by Gasteiger charge is 2.21. The van der Waals surface area contributed by atoms with Gasteiger partial charge in [0.2, 0.25) is 0 Å². The van der Waals surface area contributed by atoms with Gasteiger partial charge in [-0.15, -0.1) is 0 Å². The first-order valence-electron chi connectivity index (χ1n) is 12.1. The van der Waals surface area contributed by atoms with E-state index in [4.69, 9.17) is 0 Å². The molecule has 0 fully saturated rings. The number of rotatable bonds is 21. The second kappa shape index (κ2) is 18.9. The highest BCUT2D eigenvalue weighted by atomic mass is 32.2. The molecule has 2 atom stereocenters. The van der Waals surface area contributed by atoms with Crippen molar-refractivity contribution >= 4 is 10.1 Å². The first-order chi connectivity index (χ1) is 13.4. The number of hydrogen-bond donors (Lipinski definition) is 2. The fourth-order valence-corrected chi connectivity index (χ4v) is 4.76. The SMILES string of the molecule is CCCCCCCCC(CCCCCCCCC(O)CCCCC)S(=O)(=O)O. The Hall–Kier alpha value is -0.130. The zero-order valence-electron chi connectivity index (χ0n) is 18.7. The van der Waals surface area contributed by atoms with Crippen LogP contribution >= 0.6 is 0 Å². The van der Waals surface area contributed by atoms with Gasteiger partial charge >= 0.3 is 0 Å². The van der Waals surface area contributed by atoms with Crippen molar-refractivity contribution in [1.82, 2.24) is 0 Å². The zero-order valence-corrected chi connectivity index (χ0v) is 19.5. The van der Waals surface area contributed by atoms with E-state index in [0.29, 0.717) is 12.8 Å². The van der Waals surface area contributed by atoms with Crippen LogP contribution in [0.4, 0.5) is 0 Å². The van der Waals surface area contributed by atoms with Crippen LogP contribution in [0.1, 0.15) is 136 Å². The highest BCUT2D eigenvalue weighted by Crippen LogP contribution is 2.19. The first-order valence-corrected chi connectivity index (χ1v) is 13.6. The molecule has 5 heteroatoms. The Labute approximate surface area is 175 Å². The average molecular weight is 421 g/mol. The predicted molar refractivity (Wildman–Crippen MR) is 120 cm³/mol. The summed E-state index contributed by atoms with van der Waals surface area (Å²) >= 11 is 0. The van der Waals surface area contributed by atoms with Gasteiger partial charge in [-0.3, -0.25) is 4.55 Å². The summed E-state index contributed by atoms with van der Waals surface area (Å²) in [6, 6.07) is 0. The summed E-state index contributed by atoms with van der Waals surface area (Å²) in [5, 5.41) is 9.33. The molecule has 4 nitrogen and oxygen atoms in total. The normalized spacial score (nSPS) is 14.3. The number of aliphatic hydroxyl groups excluding tert-OH is 1. The minimum absolute atomic E-state index is 0.135. The monoisotopic (exact) mass is 420 g/mol. The number of unbranched alkanes of at least 4 members (excludes halogenated alkanes) is 12. The van der Waals surface area contributed by atoms with Crippen LogP contribution in [0.2, 0.25) is 0 Å². The van der Waals surface area contributed by atoms with Crippen molar-refractivity contribution in [1.29, 1.82) is 0 Å². The second-order valence-electron chi connectivity index (χ2n) is 8.54. The van der Waals surface area contributed by atoms with Gasteiger partial charge in [0, 0.05) is 0 Å². The van der Waals surface area contributed by atoms with Crippen molar-refractivity contribution in [2.75, 3.05) is 0 Å². The molecular weight excluding hydrogens is 372 g/mol. The summed E-state index contributed by atoms with van der Waals surface area (Å²) in [6.45, 7) is 4.37. The maximum atomic E-state index is 11.6. The Kier molecular flexibility index (Phi) is 18.8. The van der Waals surface area contributed by atoms with E-state index < -0.39 is 15.4 Å². The van der Waals surface area contributed by atoms with E-state index in [0.717, 1.165) is 70.6 Å². The van der Waals surface area contributed by atoms with Crippen molar-refractivity contribution < 1.29 is 18.1 Å². The molecule has 0 saturated heterocycles. The molecule has 0 aliphatic carbocycles. The standard InChI is InChI=1S/C23H48O4S/c1-3-5-7-8-12-16-20-23(28(25,26)27)21-17-13-10-9-11-15-19-22(24)18-14-6-4-2/h22-24H,3-21H2,1-2H3,(H,25,26,27). The lowest BCUT2D eigenvalue weighted by Gasteiger charge is -2.14. The smallest absolute Gasteiger partial charge is 0.267 e. The lowest BCUT2D eigenvalue weighted by atomic mass is 10.0. The topological polar surface area (TPSA) is 74.6 Å². The molecule has 170 valence electrons. The molecule has 0 amide bonds. The highest BCUT2D eigenvalue weighted by molar-refractivity contribution is 7.86. The molecule has 0 aromatic heterocycles. The lowest BCUT2D eigenvalue weighted by Crippen LogP contribution is -2.20. The molecule has 0 rings (SSSR count). The molecule has 0 bridgehead atoms. The van der Waals surface area contributed by atoms with E-state index in [2.05, 4.69) is 13.8 Å². The van der Waals surface area contributed by atoms with Gasteiger partial charge in [-0.05, 0) is 25.7 Å². The summed E-state index contributed by atoms with van der Waals surface area (Å²) in [4.78, 5) is 0. The van der Waals surface area contributed by atoms with Gasteiger partial charge < -0.3 is 5.11 Å². The van der Waals surface area contributed by atoms with E-state index in [9.17, 15) is 18.1 Å². The minimum Gasteiger partial charge on any atom is -0.393 e. The van der Waals surface area contributed by atoms with Gasteiger partial charge in [0.15, 0.2) is 0 Å². The molecule has 0 saturated carbocycles. The van der Waals surface area contributed by atoms with Crippen LogP contribution in [0, 0.1) is 0 Å². The van der Waals surface area contributed by atoms with Gasteiger partial charge in [0.25, 0.3) is 10.1 Å². The summed E-state index contributed by atoms with van der Waals surface area (Å²) in [7, 11) is -3.91. The average Bonchev–Trinajstić information content (AvgIpc) is 2.64. The Morgan fingerprint density at radius 3 is 1.32 bits per heavy atom. The fraction of sp³-hybridized carbons (Fsp3) is 1.00.